The second kappa shape index (κ2) is 7.57. The molecule has 1 aliphatic heterocycles. The van der Waals surface area contributed by atoms with Crippen LogP contribution >= 0.6 is 0 Å². The zero-order chi connectivity index (χ0) is 19.4. The van der Waals surface area contributed by atoms with Gasteiger partial charge in [-0.05, 0) is 42.0 Å². The molecule has 0 unspecified atom stereocenters. The van der Waals surface area contributed by atoms with Crippen molar-refractivity contribution in [2.45, 2.75) is 6.42 Å². The molecule has 0 aromatic heterocycles. The highest BCUT2D eigenvalue weighted by Gasteiger charge is 2.23. The fourth-order valence-electron chi connectivity index (χ4n) is 2.66. The van der Waals surface area contributed by atoms with Crippen LogP contribution in [-0.2, 0) is 9.59 Å². The first-order valence-electron chi connectivity index (χ1n) is 8.02. The summed E-state index contributed by atoms with van der Waals surface area (Å²) in [6.45, 7) is 0. The molecule has 7 nitrogen and oxygen atoms in total. The number of hydrogen-bond donors (Lipinski definition) is 2. The average Bonchev–Trinajstić information content (AvgIpc) is 2.79. The fraction of sp³-hybridized carbons (Fsp3) is 0.0500. The molecule has 2 N–H and O–H groups in total. The van der Waals surface area contributed by atoms with Crippen molar-refractivity contribution >= 4 is 29.3 Å². The van der Waals surface area contributed by atoms with E-state index in [4.69, 9.17) is 5.21 Å². The van der Waals surface area contributed by atoms with E-state index >= 15 is 0 Å². The summed E-state index contributed by atoms with van der Waals surface area (Å²) in [7, 11) is 0. The number of allylic oxidation sites excluding steroid dienone is 5. The van der Waals surface area contributed by atoms with Gasteiger partial charge in [0, 0.05) is 17.6 Å². The number of fused-ring (bicyclic) bond motifs is 1. The minimum Gasteiger partial charge on any atom is -0.410 e. The largest absolute Gasteiger partial charge is 0.410 e. The van der Waals surface area contributed by atoms with Crippen LogP contribution in [0.2, 0.25) is 0 Å². The van der Waals surface area contributed by atoms with Crippen molar-refractivity contribution in [2.24, 2.45) is 5.16 Å². The van der Waals surface area contributed by atoms with Crippen molar-refractivity contribution in [1.82, 2.24) is 5.32 Å². The van der Waals surface area contributed by atoms with Crippen LogP contribution < -0.4 is 10.7 Å². The molecular weight excluding hydrogens is 348 g/mol. The van der Waals surface area contributed by atoms with Crippen molar-refractivity contribution < 1.29 is 19.6 Å². The number of nitrogens with zero attached hydrogens (tertiary/aromatic N) is 1. The Morgan fingerprint density at radius 2 is 1.59 bits per heavy atom. The molecule has 1 aromatic carbocycles. The molecule has 4 rings (SSSR count). The predicted octanol–water partition coefficient (Wildman–Crippen LogP) is 1.54. The third-order valence-corrected chi connectivity index (χ3v) is 3.97. The van der Waals surface area contributed by atoms with Gasteiger partial charge in [0.2, 0.25) is 11.7 Å². The predicted molar refractivity (Wildman–Crippen MR) is 98.4 cm³/mol. The Kier molecular flexibility index (Phi) is 5.03. The minimum absolute atomic E-state index is 0.0272. The summed E-state index contributed by atoms with van der Waals surface area (Å²) < 4.78 is 0. The molecule has 134 valence electrons. The molecule has 0 atom stereocenters. The highest BCUT2D eigenvalue weighted by atomic mass is 16.4. The maximum Gasteiger partial charge on any atom is 0.228 e. The molecule has 0 saturated carbocycles. The quantitative estimate of drug-likeness (QED) is 0.413. The van der Waals surface area contributed by atoms with Gasteiger partial charge < -0.3 is 10.5 Å². The Bertz CT molecular complexity index is 1060. The second-order valence-electron chi connectivity index (χ2n) is 5.76. The van der Waals surface area contributed by atoms with Crippen LogP contribution in [0.1, 0.15) is 22.3 Å². The SMILES string of the molecule is O=C1C=Cc2ccc(=O)ccc21.O=C1CC=CC2=C(C=CC(=O)C2=NO)N1. The van der Waals surface area contributed by atoms with E-state index in [1.165, 1.54) is 30.4 Å². The summed E-state index contributed by atoms with van der Waals surface area (Å²) in [5.74, 6) is -0.565. The molecular formula is C20H14N2O5. The highest BCUT2D eigenvalue weighted by Crippen LogP contribution is 2.17. The van der Waals surface area contributed by atoms with Crippen molar-refractivity contribution in [3.8, 4) is 0 Å². The van der Waals surface area contributed by atoms with Crippen molar-refractivity contribution in [3.63, 3.8) is 0 Å². The average molecular weight is 362 g/mol. The summed E-state index contributed by atoms with van der Waals surface area (Å²) in [4.78, 5) is 44.5. The van der Waals surface area contributed by atoms with Crippen molar-refractivity contribution in [3.05, 3.63) is 87.3 Å². The normalized spacial score (nSPS) is 18.5. The number of carbonyl (C=O) groups excluding carboxylic acids is 3. The number of rotatable bonds is 0. The number of hydrogen-bond acceptors (Lipinski definition) is 6. The van der Waals surface area contributed by atoms with Crippen LogP contribution in [0.5, 0.6) is 0 Å². The molecule has 0 radical (unpaired) electrons. The lowest BCUT2D eigenvalue weighted by Crippen LogP contribution is -2.26. The van der Waals surface area contributed by atoms with Crippen molar-refractivity contribution in [2.75, 3.05) is 0 Å². The minimum atomic E-state index is -0.378. The molecule has 1 amide bonds. The first-order valence-corrected chi connectivity index (χ1v) is 8.02. The van der Waals surface area contributed by atoms with E-state index in [0.717, 1.165) is 5.56 Å². The number of oxime groups is 1. The van der Waals surface area contributed by atoms with Crippen molar-refractivity contribution in [1.29, 1.82) is 0 Å². The molecule has 0 bridgehead atoms. The van der Waals surface area contributed by atoms with E-state index in [2.05, 4.69) is 10.5 Å². The second-order valence-corrected chi connectivity index (χ2v) is 5.76. The van der Waals surface area contributed by atoms with E-state index in [9.17, 15) is 19.2 Å². The third kappa shape index (κ3) is 3.87. The topological polar surface area (TPSA) is 113 Å². The Labute approximate surface area is 153 Å². The standard InChI is InChI=1S/C10H8N2O3.C10H6O2/c13-8-5-4-7-6(10(8)12-15)2-1-3-9(14)11-7;11-8-3-1-7-2-6-10(12)9(7)5-4-8/h1-2,4-5,15H,3H2,(H,11,14);1-6H. The maximum absolute atomic E-state index is 11.3. The molecule has 7 heteroatoms. The van der Waals surface area contributed by atoms with Gasteiger partial charge in [0.15, 0.2) is 16.9 Å². The fourth-order valence-corrected chi connectivity index (χ4v) is 2.66. The van der Waals surface area contributed by atoms with Crippen LogP contribution in [0.4, 0.5) is 0 Å². The Balaban J connectivity index is 0.000000159. The summed E-state index contributed by atoms with van der Waals surface area (Å²) in [5.41, 5.74) is 2.23. The first-order chi connectivity index (χ1) is 13.0. The molecule has 0 fully saturated rings. The van der Waals surface area contributed by atoms with E-state index in [1.54, 1.807) is 30.4 Å². The van der Waals surface area contributed by atoms with Gasteiger partial charge in [0.1, 0.15) is 0 Å². The van der Waals surface area contributed by atoms with Gasteiger partial charge in [0.05, 0.1) is 5.70 Å². The number of ketones is 2. The zero-order valence-electron chi connectivity index (χ0n) is 14.0. The lowest BCUT2D eigenvalue weighted by molar-refractivity contribution is -0.119. The lowest BCUT2D eigenvalue weighted by atomic mass is 9.99. The molecule has 3 aliphatic rings. The van der Waals surface area contributed by atoms with Gasteiger partial charge in [-0.3, -0.25) is 19.2 Å². The number of carbonyl (C=O) groups is 3. The Morgan fingerprint density at radius 3 is 2.37 bits per heavy atom. The molecule has 2 aliphatic carbocycles. The lowest BCUT2D eigenvalue weighted by Gasteiger charge is -2.12. The number of nitrogens with one attached hydrogen (secondary N) is 1. The van der Waals surface area contributed by atoms with Crippen LogP contribution in [0.25, 0.3) is 6.08 Å². The molecule has 0 saturated heterocycles. The summed E-state index contributed by atoms with van der Waals surface area (Å²) in [5, 5.41) is 14.3. The smallest absolute Gasteiger partial charge is 0.228 e. The van der Waals surface area contributed by atoms with Gasteiger partial charge in [-0.2, -0.15) is 0 Å². The third-order valence-electron chi connectivity index (χ3n) is 3.97. The van der Waals surface area contributed by atoms with E-state index < -0.39 is 0 Å². The molecule has 27 heavy (non-hydrogen) atoms. The van der Waals surface area contributed by atoms with Crippen LogP contribution in [-0.4, -0.2) is 28.4 Å². The maximum atomic E-state index is 11.3. The highest BCUT2D eigenvalue weighted by molar-refractivity contribution is 6.51. The molecule has 1 aromatic rings. The van der Waals surface area contributed by atoms with Gasteiger partial charge in [-0.15, -0.1) is 0 Å². The van der Waals surface area contributed by atoms with E-state index in [-0.39, 0.29) is 35.0 Å². The van der Waals surface area contributed by atoms with E-state index in [1.807, 2.05) is 0 Å². The summed E-state index contributed by atoms with van der Waals surface area (Å²) in [6.07, 6.45) is 9.45. The zero-order valence-corrected chi connectivity index (χ0v) is 14.0. The van der Waals surface area contributed by atoms with Gasteiger partial charge in [-0.1, -0.05) is 29.5 Å². The van der Waals surface area contributed by atoms with Gasteiger partial charge in [-0.25, -0.2) is 0 Å². The molecule has 1 heterocycles. The summed E-state index contributed by atoms with van der Waals surface area (Å²) in [6, 6.07) is 6.10. The Hall–Kier alpha value is -3.87. The molecule has 0 spiro atoms. The van der Waals surface area contributed by atoms with Crippen LogP contribution in [0.3, 0.4) is 0 Å². The Morgan fingerprint density at radius 1 is 0.852 bits per heavy atom. The van der Waals surface area contributed by atoms with Crippen LogP contribution in [0.15, 0.2) is 75.9 Å². The monoisotopic (exact) mass is 362 g/mol. The van der Waals surface area contributed by atoms with Gasteiger partial charge >= 0.3 is 0 Å². The van der Waals surface area contributed by atoms with Crippen LogP contribution in [0, 0.1) is 0 Å². The summed E-state index contributed by atoms with van der Waals surface area (Å²) >= 11 is 0. The van der Waals surface area contributed by atoms with Gasteiger partial charge in [0.25, 0.3) is 0 Å². The first kappa shape index (κ1) is 17.9. The number of amides is 1. The van der Waals surface area contributed by atoms with E-state index in [0.29, 0.717) is 16.8 Å².